The second kappa shape index (κ2) is 27.4. The minimum atomic E-state index is -3.67. The number of halogens is 3. The van der Waals surface area contributed by atoms with Crippen molar-refractivity contribution < 1.29 is 71.1 Å². The summed E-state index contributed by atoms with van der Waals surface area (Å²) in [4.78, 5) is 48.8. The quantitative estimate of drug-likeness (QED) is 0.191. The van der Waals surface area contributed by atoms with E-state index < -0.39 is 37.8 Å². The number of benzene rings is 2. The number of rotatable bonds is 11. The number of aliphatic carboxylic acids is 1. The van der Waals surface area contributed by atoms with Gasteiger partial charge in [-0.25, -0.2) is 0 Å². The molecule has 0 bridgehead atoms. The van der Waals surface area contributed by atoms with Gasteiger partial charge in [0.25, 0.3) is 0 Å². The lowest BCUT2D eigenvalue weighted by molar-refractivity contribution is -0.146. The molecule has 3 saturated heterocycles. The average Bonchev–Trinajstić information content (AvgIpc) is 3.89. The lowest BCUT2D eigenvalue weighted by Gasteiger charge is -2.22. The number of esters is 2. The topological polar surface area (TPSA) is 194 Å². The molecule has 0 spiro atoms. The summed E-state index contributed by atoms with van der Waals surface area (Å²) in [7, 11) is 2.29. The number of nitrogens with zero attached hydrogens (tertiary/aromatic N) is 2. The number of ether oxygens (including phenoxy) is 5. The van der Waals surface area contributed by atoms with E-state index >= 15 is 0 Å². The molecule has 0 aliphatic carbocycles. The van der Waals surface area contributed by atoms with Crippen LogP contribution in [0.25, 0.3) is 0 Å². The number of aliphatic hydroxyl groups excluding tert-OH is 2. The zero-order valence-corrected chi connectivity index (χ0v) is 32.7. The lowest BCUT2D eigenvalue weighted by Crippen LogP contribution is -2.36. The predicted octanol–water partition coefficient (Wildman–Crippen LogP) is 2.53. The van der Waals surface area contributed by atoms with E-state index in [4.69, 9.17) is 33.9 Å². The Morgan fingerprint density at radius 3 is 1.59 bits per heavy atom. The molecule has 0 amide bonds. The molecule has 3 aliphatic heterocycles. The van der Waals surface area contributed by atoms with Crippen LogP contribution < -0.4 is 14.8 Å². The third-order valence-corrected chi connectivity index (χ3v) is 8.47. The summed E-state index contributed by atoms with van der Waals surface area (Å²) < 4.78 is 53.5. The van der Waals surface area contributed by atoms with Gasteiger partial charge < -0.3 is 44.3 Å². The smallest absolute Gasteiger partial charge is 0.497 e. The van der Waals surface area contributed by atoms with Gasteiger partial charge >= 0.3 is 25.5 Å². The van der Waals surface area contributed by atoms with E-state index in [0.717, 1.165) is 35.8 Å². The van der Waals surface area contributed by atoms with Crippen molar-refractivity contribution >= 4 is 31.2 Å². The second-order valence-corrected chi connectivity index (χ2v) is 12.5. The van der Waals surface area contributed by atoms with Crippen LogP contribution in [0.1, 0.15) is 44.2 Å². The number of carbonyl (C=O) groups excluding carboxylic acids is 3. The normalized spacial score (nSPS) is 21.3. The molecular weight excluding hydrogens is 746 g/mol. The van der Waals surface area contributed by atoms with Crippen molar-refractivity contribution in [1.29, 1.82) is 0 Å². The SMILES string of the molecule is CCOCC.COC(=O)[C@H]1CC(=O)CN1Cc1ccc(OC)cc1.COC(=O)[C@H]1CC(O)CN1Cc1ccc(OC)cc1.FB(F)F.O=C(O)[C@H]1C[C@@H](O)CN1. The number of Topliss-reactive ketones (excluding diaryl/α,β-unsaturated/α-hetero) is 1. The number of ketones is 1. The number of methoxy groups -OCH3 is 4. The number of hydrogen-bond acceptors (Lipinski definition) is 14. The summed E-state index contributed by atoms with van der Waals surface area (Å²) in [6.07, 6.45) is 0.0505. The van der Waals surface area contributed by atoms with Gasteiger partial charge in [-0.3, -0.25) is 41.9 Å². The fourth-order valence-corrected chi connectivity index (χ4v) is 5.76. The van der Waals surface area contributed by atoms with Crippen molar-refractivity contribution in [1.82, 2.24) is 15.1 Å². The fourth-order valence-electron chi connectivity index (χ4n) is 5.76. The van der Waals surface area contributed by atoms with E-state index in [1.165, 1.54) is 14.2 Å². The van der Waals surface area contributed by atoms with Crippen molar-refractivity contribution in [3.05, 3.63) is 59.7 Å². The lowest BCUT2D eigenvalue weighted by atomic mass is 10.1. The molecule has 2 aromatic rings. The zero-order valence-electron chi connectivity index (χ0n) is 32.7. The maximum absolute atomic E-state index is 11.7. The first-order chi connectivity index (χ1) is 26.6. The Morgan fingerprint density at radius 1 is 0.768 bits per heavy atom. The van der Waals surface area contributed by atoms with E-state index in [2.05, 4.69) is 5.32 Å². The molecule has 0 radical (unpaired) electrons. The molecule has 0 saturated carbocycles. The minimum absolute atomic E-state index is 0.0731. The molecule has 5 atom stereocenters. The molecule has 1 unspecified atom stereocenters. The van der Waals surface area contributed by atoms with Crippen LogP contribution >= 0.6 is 0 Å². The summed E-state index contributed by atoms with van der Waals surface area (Å²) >= 11 is 0. The monoisotopic (exact) mass is 801 g/mol. The van der Waals surface area contributed by atoms with Gasteiger partial charge in [0.05, 0.1) is 47.2 Å². The predicted molar refractivity (Wildman–Crippen MR) is 200 cm³/mol. The van der Waals surface area contributed by atoms with Crippen molar-refractivity contribution in [3.8, 4) is 11.5 Å². The third-order valence-electron chi connectivity index (χ3n) is 8.47. The van der Waals surface area contributed by atoms with Gasteiger partial charge in [0.1, 0.15) is 35.4 Å². The van der Waals surface area contributed by atoms with Crippen molar-refractivity contribution in [2.45, 2.75) is 76.5 Å². The number of likely N-dealkylation sites (tertiary alicyclic amines) is 2. The molecule has 56 heavy (non-hydrogen) atoms. The van der Waals surface area contributed by atoms with E-state index in [1.807, 2.05) is 72.2 Å². The number of carboxylic acids is 1. The molecule has 3 heterocycles. The summed E-state index contributed by atoms with van der Waals surface area (Å²) in [5, 5.41) is 29.5. The Bertz CT molecular complexity index is 1440. The maximum atomic E-state index is 11.7. The maximum Gasteiger partial charge on any atom is 0.762 e. The van der Waals surface area contributed by atoms with Crippen LogP contribution in [0.15, 0.2) is 48.5 Å². The largest absolute Gasteiger partial charge is 0.762 e. The molecule has 15 nitrogen and oxygen atoms in total. The molecule has 4 N–H and O–H groups in total. The Kier molecular flexibility index (Phi) is 24.3. The van der Waals surface area contributed by atoms with E-state index in [0.29, 0.717) is 45.6 Å². The van der Waals surface area contributed by atoms with Gasteiger partial charge in [-0.1, -0.05) is 24.3 Å². The molecule has 0 aromatic heterocycles. The standard InChI is InChI=1S/C14H19NO4.C14H17NO4.C5H9NO3.C4H10O.BF3/c2*1-18-12-5-3-10(4-6-12)8-15-9-11(16)7-13(15)14(17)19-2;7-3-1-4(5(8)9)6-2-3;1-3-5-4-2;2-1(3)4/h3-6,11,13,16H,7-9H2,1-2H3;3-6,13H,7-9H2,1-2H3;3-4,6-7H,1-2H2,(H,8,9);3-4H2,1-2H3;/t11?,13-;13-;3-,4-;;/m111../s1. The highest BCUT2D eigenvalue weighted by Gasteiger charge is 2.37. The van der Waals surface area contributed by atoms with Gasteiger partial charge in [0.15, 0.2) is 0 Å². The molecular formula is C37H55BF3N3O12. The molecule has 19 heteroatoms. The molecule has 3 fully saturated rings. The van der Waals surface area contributed by atoms with Gasteiger partial charge in [0, 0.05) is 58.7 Å². The Balaban J connectivity index is 0.000000394. The summed E-state index contributed by atoms with van der Waals surface area (Å²) in [5.74, 6) is 0.139. The number of aliphatic hydroxyl groups is 2. The van der Waals surface area contributed by atoms with Crippen LogP contribution in [0.2, 0.25) is 0 Å². The minimum Gasteiger partial charge on any atom is -0.497 e. The van der Waals surface area contributed by atoms with Crippen LogP contribution in [-0.2, 0) is 46.5 Å². The van der Waals surface area contributed by atoms with E-state index in [-0.39, 0.29) is 30.2 Å². The number of carbonyl (C=O) groups is 4. The fraction of sp³-hybridized carbons (Fsp3) is 0.568. The highest BCUT2D eigenvalue weighted by Crippen LogP contribution is 2.23. The molecule has 2 aromatic carbocycles. The summed E-state index contributed by atoms with van der Waals surface area (Å²) in [6.45, 7) is 8.02. The van der Waals surface area contributed by atoms with Crippen LogP contribution in [0.3, 0.4) is 0 Å². The highest BCUT2D eigenvalue weighted by molar-refractivity contribution is 6.33. The first kappa shape index (κ1) is 49.8. The van der Waals surface area contributed by atoms with Crippen molar-refractivity contribution in [2.24, 2.45) is 0 Å². The molecule has 314 valence electrons. The van der Waals surface area contributed by atoms with Crippen LogP contribution in [0.5, 0.6) is 11.5 Å². The number of carboxylic acid groups (broad SMARTS) is 1. The van der Waals surface area contributed by atoms with Gasteiger partial charge in [-0.2, -0.15) is 0 Å². The first-order valence-electron chi connectivity index (χ1n) is 17.9. The van der Waals surface area contributed by atoms with Crippen LogP contribution in [0, 0.1) is 0 Å². The second-order valence-electron chi connectivity index (χ2n) is 12.5. The first-order valence-corrected chi connectivity index (χ1v) is 17.9. The third kappa shape index (κ3) is 19.1. The average molecular weight is 802 g/mol. The van der Waals surface area contributed by atoms with Crippen molar-refractivity contribution in [3.63, 3.8) is 0 Å². The van der Waals surface area contributed by atoms with Crippen LogP contribution in [0.4, 0.5) is 12.9 Å². The highest BCUT2D eigenvalue weighted by atomic mass is 19.4. The molecule has 3 aliphatic rings. The number of β-amino-alcohol motifs (C(OH)–C–C–N with tert-alkyl or cyclic N) is 2. The molecule has 5 rings (SSSR count). The van der Waals surface area contributed by atoms with E-state index in [1.54, 1.807) is 14.2 Å². The van der Waals surface area contributed by atoms with Gasteiger partial charge in [0.2, 0.25) is 0 Å². The number of nitrogens with one attached hydrogen (secondary N) is 1. The summed E-state index contributed by atoms with van der Waals surface area (Å²) in [6, 6.07) is 13.9. The Hall–Kier alpha value is -4.27. The zero-order chi connectivity index (χ0) is 42.2. The Labute approximate surface area is 326 Å². The van der Waals surface area contributed by atoms with Gasteiger partial charge in [-0.15, -0.1) is 0 Å². The number of hydrogen-bond donors (Lipinski definition) is 4. The van der Waals surface area contributed by atoms with Crippen LogP contribution in [-0.4, -0.2) is 148 Å². The summed E-state index contributed by atoms with van der Waals surface area (Å²) in [5.41, 5.74) is 2.10. The van der Waals surface area contributed by atoms with E-state index in [9.17, 15) is 37.2 Å². The van der Waals surface area contributed by atoms with Crippen molar-refractivity contribution in [2.75, 3.05) is 61.3 Å². The van der Waals surface area contributed by atoms with Gasteiger partial charge in [-0.05, 0) is 49.2 Å². The Morgan fingerprint density at radius 2 is 1.23 bits per heavy atom.